The van der Waals surface area contributed by atoms with E-state index in [0.29, 0.717) is 31.3 Å². The van der Waals surface area contributed by atoms with Crippen LogP contribution in [0.25, 0.3) is 0 Å². The molecule has 4 heteroatoms. The Hall–Kier alpha value is -1.73. The molecule has 0 saturated heterocycles. The highest BCUT2D eigenvalue weighted by molar-refractivity contribution is 5.93. The van der Waals surface area contributed by atoms with Crippen molar-refractivity contribution in [2.75, 3.05) is 26.8 Å². The van der Waals surface area contributed by atoms with Crippen LogP contribution in [0.5, 0.6) is 0 Å². The molecule has 1 saturated carbocycles. The standard InChI is InChI=1S/C15H20N2O2/c1-3-8-17(12-13-6-7-13)15(18)14-5-4-9-16(14)10-11-19-2/h1,4-5,9,13H,6-8,10-12H2,2H3. The van der Waals surface area contributed by atoms with Crippen LogP contribution in [0.1, 0.15) is 23.3 Å². The molecule has 1 aromatic heterocycles. The Morgan fingerprint density at radius 1 is 1.63 bits per heavy atom. The van der Waals surface area contributed by atoms with Gasteiger partial charge in [-0.2, -0.15) is 0 Å². The molecule has 102 valence electrons. The van der Waals surface area contributed by atoms with Gasteiger partial charge in [0, 0.05) is 26.4 Å². The zero-order chi connectivity index (χ0) is 13.7. The molecule has 0 radical (unpaired) electrons. The fourth-order valence-corrected chi connectivity index (χ4v) is 2.10. The minimum absolute atomic E-state index is 0.0194. The van der Waals surface area contributed by atoms with Crippen LogP contribution in [0, 0.1) is 18.3 Å². The van der Waals surface area contributed by atoms with Crippen LogP contribution in [-0.4, -0.2) is 42.2 Å². The molecular weight excluding hydrogens is 240 g/mol. The highest BCUT2D eigenvalue weighted by atomic mass is 16.5. The summed E-state index contributed by atoms with van der Waals surface area (Å²) in [7, 11) is 1.66. The van der Waals surface area contributed by atoms with Gasteiger partial charge in [0.2, 0.25) is 0 Å². The number of methoxy groups -OCH3 is 1. The van der Waals surface area contributed by atoms with Crippen molar-refractivity contribution in [1.29, 1.82) is 0 Å². The van der Waals surface area contributed by atoms with Crippen LogP contribution in [0.2, 0.25) is 0 Å². The zero-order valence-corrected chi connectivity index (χ0v) is 11.3. The maximum absolute atomic E-state index is 12.5. The van der Waals surface area contributed by atoms with Crippen molar-refractivity contribution in [2.45, 2.75) is 19.4 Å². The molecule has 1 aromatic rings. The van der Waals surface area contributed by atoms with Gasteiger partial charge in [-0.15, -0.1) is 6.42 Å². The molecule has 1 heterocycles. The molecule has 2 rings (SSSR count). The Morgan fingerprint density at radius 2 is 2.42 bits per heavy atom. The second kappa shape index (κ2) is 6.44. The van der Waals surface area contributed by atoms with Crippen molar-refractivity contribution in [3.8, 4) is 12.3 Å². The van der Waals surface area contributed by atoms with Crippen LogP contribution >= 0.6 is 0 Å². The molecule has 19 heavy (non-hydrogen) atoms. The summed E-state index contributed by atoms with van der Waals surface area (Å²) < 4.78 is 6.97. The van der Waals surface area contributed by atoms with Crippen molar-refractivity contribution in [3.63, 3.8) is 0 Å². The number of terminal acetylenes is 1. The van der Waals surface area contributed by atoms with Crippen LogP contribution < -0.4 is 0 Å². The Labute approximate surface area is 114 Å². The van der Waals surface area contributed by atoms with E-state index in [1.807, 2.05) is 22.9 Å². The van der Waals surface area contributed by atoms with Gasteiger partial charge in [-0.1, -0.05) is 5.92 Å². The van der Waals surface area contributed by atoms with Crippen molar-refractivity contribution in [2.24, 2.45) is 5.92 Å². The van der Waals surface area contributed by atoms with Gasteiger partial charge < -0.3 is 14.2 Å². The summed E-state index contributed by atoms with van der Waals surface area (Å²) in [6.07, 6.45) is 9.68. The second-order valence-electron chi connectivity index (χ2n) is 4.91. The molecular formula is C15H20N2O2. The van der Waals surface area contributed by atoms with Crippen molar-refractivity contribution in [3.05, 3.63) is 24.0 Å². The van der Waals surface area contributed by atoms with E-state index in [0.717, 1.165) is 6.54 Å². The molecule has 0 spiro atoms. The number of carbonyl (C=O) groups is 1. The average molecular weight is 260 g/mol. The van der Waals surface area contributed by atoms with E-state index in [2.05, 4.69) is 5.92 Å². The van der Waals surface area contributed by atoms with Gasteiger partial charge in [-0.05, 0) is 30.9 Å². The van der Waals surface area contributed by atoms with E-state index in [9.17, 15) is 4.79 Å². The maximum Gasteiger partial charge on any atom is 0.271 e. The van der Waals surface area contributed by atoms with Crippen LogP contribution in [0.4, 0.5) is 0 Å². The van der Waals surface area contributed by atoms with Crippen molar-refractivity contribution >= 4 is 5.91 Å². The SMILES string of the molecule is C#CCN(CC1CC1)C(=O)c1cccn1CCOC. The molecule has 0 N–H and O–H groups in total. The highest BCUT2D eigenvalue weighted by Crippen LogP contribution is 2.30. The minimum Gasteiger partial charge on any atom is -0.383 e. The number of ether oxygens (including phenoxy) is 1. The largest absolute Gasteiger partial charge is 0.383 e. The van der Waals surface area contributed by atoms with Gasteiger partial charge in [0.15, 0.2) is 0 Å². The van der Waals surface area contributed by atoms with Gasteiger partial charge in [0.1, 0.15) is 5.69 Å². The van der Waals surface area contributed by atoms with Gasteiger partial charge in [-0.25, -0.2) is 0 Å². The number of carbonyl (C=O) groups excluding carboxylic acids is 1. The molecule has 4 nitrogen and oxygen atoms in total. The van der Waals surface area contributed by atoms with E-state index < -0.39 is 0 Å². The molecule has 0 atom stereocenters. The van der Waals surface area contributed by atoms with Gasteiger partial charge in [0.25, 0.3) is 5.91 Å². The monoisotopic (exact) mass is 260 g/mol. The third-order valence-corrected chi connectivity index (χ3v) is 3.33. The summed E-state index contributed by atoms with van der Waals surface area (Å²) in [6.45, 7) is 2.42. The van der Waals surface area contributed by atoms with Gasteiger partial charge >= 0.3 is 0 Å². The summed E-state index contributed by atoms with van der Waals surface area (Å²) in [4.78, 5) is 14.3. The summed E-state index contributed by atoms with van der Waals surface area (Å²) in [5.41, 5.74) is 0.688. The summed E-state index contributed by atoms with van der Waals surface area (Å²) in [6, 6.07) is 3.72. The Balaban J connectivity index is 2.07. The van der Waals surface area contributed by atoms with E-state index in [4.69, 9.17) is 11.2 Å². The topological polar surface area (TPSA) is 34.5 Å². The summed E-state index contributed by atoms with van der Waals surface area (Å²) in [5.74, 6) is 3.24. The van der Waals surface area contributed by atoms with Crippen LogP contribution in [0.15, 0.2) is 18.3 Å². The van der Waals surface area contributed by atoms with Crippen LogP contribution in [0.3, 0.4) is 0 Å². The van der Waals surface area contributed by atoms with E-state index in [1.165, 1.54) is 12.8 Å². The molecule has 1 amide bonds. The third kappa shape index (κ3) is 3.62. The van der Waals surface area contributed by atoms with E-state index in [1.54, 1.807) is 12.0 Å². The van der Waals surface area contributed by atoms with E-state index >= 15 is 0 Å². The lowest BCUT2D eigenvalue weighted by Gasteiger charge is -2.21. The Kier molecular flexibility index (Phi) is 4.64. The van der Waals surface area contributed by atoms with Crippen LogP contribution in [-0.2, 0) is 11.3 Å². The lowest BCUT2D eigenvalue weighted by Crippen LogP contribution is -2.34. The van der Waals surface area contributed by atoms with Crippen molar-refractivity contribution in [1.82, 2.24) is 9.47 Å². The molecule has 0 aromatic carbocycles. The summed E-state index contributed by atoms with van der Waals surface area (Å²) in [5, 5.41) is 0. The van der Waals surface area contributed by atoms with E-state index in [-0.39, 0.29) is 5.91 Å². The molecule has 0 aliphatic heterocycles. The molecule has 1 aliphatic rings. The number of aromatic nitrogens is 1. The number of rotatable bonds is 7. The number of nitrogens with zero attached hydrogens (tertiary/aromatic N) is 2. The summed E-state index contributed by atoms with van der Waals surface area (Å²) >= 11 is 0. The molecule has 0 unspecified atom stereocenters. The quantitative estimate of drug-likeness (QED) is 0.698. The smallest absolute Gasteiger partial charge is 0.271 e. The molecule has 0 bridgehead atoms. The zero-order valence-electron chi connectivity index (χ0n) is 11.3. The number of amides is 1. The van der Waals surface area contributed by atoms with Gasteiger partial charge in [0.05, 0.1) is 13.2 Å². The highest BCUT2D eigenvalue weighted by Gasteiger charge is 2.27. The average Bonchev–Trinajstić information content (AvgIpc) is 3.10. The lowest BCUT2D eigenvalue weighted by atomic mass is 10.3. The minimum atomic E-state index is 0.0194. The Morgan fingerprint density at radius 3 is 3.05 bits per heavy atom. The van der Waals surface area contributed by atoms with Crippen molar-refractivity contribution < 1.29 is 9.53 Å². The third-order valence-electron chi connectivity index (χ3n) is 3.33. The first-order valence-electron chi connectivity index (χ1n) is 6.63. The fourth-order valence-electron chi connectivity index (χ4n) is 2.10. The first-order chi connectivity index (χ1) is 9.26. The van der Waals surface area contributed by atoms with Gasteiger partial charge in [-0.3, -0.25) is 4.79 Å². The number of hydrogen-bond acceptors (Lipinski definition) is 2. The first-order valence-corrected chi connectivity index (χ1v) is 6.63. The first kappa shape index (κ1) is 13.7. The maximum atomic E-state index is 12.5. The Bertz CT molecular complexity index is 469. The fraction of sp³-hybridized carbons (Fsp3) is 0.533. The molecule has 1 fully saturated rings. The number of hydrogen-bond donors (Lipinski definition) is 0. The predicted molar refractivity (Wildman–Crippen MR) is 73.8 cm³/mol. The lowest BCUT2D eigenvalue weighted by molar-refractivity contribution is 0.0756. The molecule has 1 aliphatic carbocycles. The predicted octanol–water partition coefficient (Wildman–Crippen LogP) is 1.62. The normalized spacial score (nSPS) is 14.1. The second-order valence-corrected chi connectivity index (χ2v) is 4.91.